The number of Topliss-reactive ketones (excluding diaryl/α,β-unsaturated/α-hetero) is 1. The Labute approximate surface area is 106 Å². The van der Waals surface area contributed by atoms with Gasteiger partial charge < -0.3 is 4.42 Å². The van der Waals surface area contributed by atoms with Crippen molar-refractivity contribution in [3.05, 3.63) is 44.4 Å². The highest BCUT2D eigenvalue weighted by atomic mass is 79.9. The molecule has 2 heterocycles. The molecule has 0 N–H and O–H groups in total. The number of hydrogen-bond acceptors (Lipinski definition) is 3. The normalized spacial score (nSPS) is 10.6. The predicted octanol–water partition coefficient (Wildman–Crippen LogP) is 4.09. The lowest BCUT2D eigenvalue weighted by Gasteiger charge is -1.95. The van der Waals surface area contributed by atoms with Crippen molar-refractivity contribution >= 4 is 33.0 Å². The van der Waals surface area contributed by atoms with E-state index in [-0.39, 0.29) is 5.78 Å². The Hall–Kier alpha value is -0.870. The molecule has 0 aliphatic carbocycles. The first-order valence-corrected chi connectivity index (χ1v) is 6.65. The molecule has 0 spiro atoms. The van der Waals surface area contributed by atoms with Crippen LogP contribution in [0.25, 0.3) is 0 Å². The van der Waals surface area contributed by atoms with E-state index in [1.54, 1.807) is 17.4 Å². The van der Waals surface area contributed by atoms with E-state index < -0.39 is 0 Å². The summed E-state index contributed by atoms with van der Waals surface area (Å²) in [7, 11) is 0. The summed E-state index contributed by atoms with van der Waals surface area (Å²) in [6, 6.07) is 5.80. The lowest BCUT2D eigenvalue weighted by atomic mass is 10.1. The maximum Gasteiger partial charge on any atom is 0.179 e. The predicted molar refractivity (Wildman–Crippen MR) is 68.1 cm³/mol. The molecule has 0 fully saturated rings. The summed E-state index contributed by atoms with van der Waals surface area (Å²) in [6.07, 6.45) is 2.99. The zero-order valence-electron chi connectivity index (χ0n) is 8.83. The molecule has 0 saturated carbocycles. The van der Waals surface area contributed by atoms with Gasteiger partial charge in [-0.3, -0.25) is 4.79 Å². The van der Waals surface area contributed by atoms with Gasteiger partial charge in [0, 0.05) is 16.2 Å². The molecule has 2 nitrogen and oxygen atoms in total. The minimum Gasteiger partial charge on any atom is -0.457 e. The quantitative estimate of drug-likeness (QED) is 0.796. The highest BCUT2D eigenvalue weighted by molar-refractivity contribution is 9.10. The highest BCUT2D eigenvalue weighted by Crippen LogP contribution is 2.22. The van der Waals surface area contributed by atoms with Gasteiger partial charge in [-0.25, -0.2) is 0 Å². The molecule has 0 saturated heterocycles. The fourth-order valence-corrected chi connectivity index (χ4v) is 2.87. The summed E-state index contributed by atoms with van der Waals surface area (Å²) in [5.74, 6) is 0.0881. The van der Waals surface area contributed by atoms with Gasteiger partial charge in [-0.1, -0.05) is 6.92 Å². The summed E-state index contributed by atoms with van der Waals surface area (Å²) in [5.41, 5.74) is 0.617. The standard InChI is InChI=1S/C12H11BrO2S/c1-2-8-3-4-9(16-8)7-11(14)10-5-6-15-12(10)13/h3-6H,2,7H2,1H3. The summed E-state index contributed by atoms with van der Waals surface area (Å²) in [5, 5.41) is 0. The van der Waals surface area contributed by atoms with Crippen molar-refractivity contribution in [1.29, 1.82) is 0 Å². The Morgan fingerprint density at radius 1 is 1.38 bits per heavy atom. The summed E-state index contributed by atoms with van der Waals surface area (Å²) in [4.78, 5) is 14.3. The van der Waals surface area contributed by atoms with Crippen molar-refractivity contribution in [2.24, 2.45) is 0 Å². The SMILES string of the molecule is CCc1ccc(CC(=O)c2ccoc2Br)s1. The molecule has 2 rings (SSSR count). The smallest absolute Gasteiger partial charge is 0.179 e. The number of carbonyl (C=O) groups excluding carboxylic acids is 1. The van der Waals surface area contributed by atoms with E-state index >= 15 is 0 Å². The van der Waals surface area contributed by atoms with Crippen LogP contribution in [0.5, 0.6) is 0 Å². The number of hydrogen-bond donors (Lipinski definition) is 0. The minimum absolute atomic E-state index is 0.0881. The zero-order chi connectivity index (χ0) is 11.5. The second kappa shape index (κ2) is 4.97. The number of aryl methyl sites for hydroxylation is 1. The Morgan fingerprint density at radius 2 is 2.12 bits per heavy atom. The minimum atomic E-state index is 0.0881. The molecule has 0 aromatic carbocycles. The molecule has 0 aliphatic rings. The van der Waals surface area contributed by atoms with Crippen LogP contribution in [0.4, 0.5) is 0 Å². The third-order valence-electron chi connectivity index (χ3n) is 2.32. The second-order valence-corrected chi connectivity index (χ2v) is 5.40. The van der Waals surface area contributed by atoms with Crippen molar-refractivity contribution in [3.63, 3.8) is 0 Å². The number of halogens is 1. The van der Waals surface area contributed by atoms with Gasteiger partial charge >= 0.3 is 0 Å². The largest absolute Gasteiger partial charge is 0.457 e. The number of furan rings is 1. The van der Waals surface area contributed by atoms with Crippen LogP contribution >= 0.6 is 27.3 Å². The first-order chi connectivity index (χ1) is 7.70. The molecule has 16 heavy (non-hydrogen) atoms. The average Bonchev–Trinajstić information content (AvgIpc) is 2.86. The van der Waals surface area contributed by atoms with Crippen LogP contribution in [0.3, 0.4) is 0 Å². The molecular weight excluding hydrogens is 288 g/mol. The van der Waals surface area contributed by atoms with E-state index in [0.29, 0.717) is 16.7 Å². The van der Waals surface area contributed by atoms with E-state index in [2.05, 4.69) is 28.9 Å². The molecule has 0 unspecified atom stereocenters. The Balaban J connectivity index is 2.11. The van der Waals surface area contributed by atoms with E-state index in [1.807, 2.05) is 6.07 Å². The van der Waals surface area contributed by atoms with Crippen molar-refractivity contribution in [3.8, 4) is 0 Å². The molecule has 0 bridgehead atoms. The van der Waals surface area contributed by atoms with Gasteiger partial charge in [-0.15, -0.1) is 11.3 Å². The molecule has 4 heteroatoms. The zero-order valence-corrected chi connectivity index (χ0v) is 11.2. The molecule has 0 atom stereocenters. The van der Waals surface area contributed by atoms with E-state index in [9.17, 15) is 4.79 Å². The lowest BCUT2D eigenvalue weighted by Crippen LogP contribution is -2.01. The van der Waals surface area contributed by atoms with Crippen molar-refractivity contribution in [1.82, 2.24) is 0 Å². The fourth-order valence-electron chi connectivity index (χ4n) is 1.45. The molecule has 0 radical (unpaired) electrons. The molecule has 84 valence electrons. The van der Waals surface area contributed by atoms with Gasteiger partial charge in [0.05, 0.1) is 11.8 Å². The van der Waals surface area contributed by atoms with Crippen molar-refractivity contribution < 1.29 is 9.21 Å². The number of thiophene rings is 1. The van der Waals surface area contributed by atoms with Crippen LogP contribution in [0.2, 0.25) is 0 Å². The first-order valence-electron chi connectivity index (χ1n) is 5.04. The maximum absolute atomic E-state index is 11.9. The third-order valence-corrected chi connectivity index (χ3v) is 4.16. The summed E-state index contributed by atoms with van der Waals surface area (Å²) in [6.45, 7) is 2.12. The van der Waals surface area contributed by atoms with E-state index in [4.69, 9.17) is 4.42 Å². The van der Waals surface area contributed by atoms with Gasteiger partial charge in [0.1, 0.15) is 0 Å². The van der Waals surface area contributed by atoms with Crippen molar-refractivity contribution in [2.45, 2.75) is 19.8 Å². The number of carbonyl (C=O) groups is 1. The third kappa shape index (κ3) is 2.44. The first kappa shape index (κ1) is 11.6. The van der Waals surface area contributed by atoms with Crippen LogP contribution in [0, 0.1) is 0 Å². The lowest BCUT2D eigenvalue weighted by molar-refractivity contribution is 0.0992. The number of ketones is 1. The molecular formula is C12H11BrO2S. The maximum atomic E-state index is 11.9. The highest BCUT2D eigenvalue weighted by Gasteiger charge is 2.14. The average molecular weight is 299 g/mol. The van der Waals surface area contributed by atoms with Crippen molar-refractivity contribution in [2.75, 3.05) is 0 Å². The van der Waals surface area contributed by atoms with E-state index in [0.717, 1.165) is 11.3 Å². The van der Waals surface area contributed by atoms with E-state index in [1.165, 1.54) is 11.1 Å². The Morgan fingerprint density at radius 3 is 2.69 bits per heavy atom. The molecule has 0 amide bonds. The molecule has 2 aromatic heterocycles. The van der Waals surface area contributed by atoms with Gasteiger partial charge in [-0.05, 0) is 40.5 Å². The van der Waals surface area contributed by atoms with Gasteiger partial charge in [0.15, 0.2) is 10.5 Å². The number of rotatable bonds is 4. The topological polar surface area (TPSA) is 30.2 Å². The molecule has 2 aromatic rings. The summed E-state index contributed by atoms with van der Waals surface area (Å²) >= 11 is 4.91. The Bertz CT molecular complexity index is 499. The van der Waals surface area contributed by atoms with Crippen LogP contribution in [0.15, 0.2) is 33.5 Å². The van der Waals surface area contributed by atoms with Gasteiger partial charge in [-0.2, -0.15) is 0 Å². The second-order valence-electron chi connectivity index (χ2n) is 3.43. The van der Waals surface area contributed by atoms with Gasteiger partial charge in [0.25, 0.3) is 0 Å². The van der Waals surface area contributed by atoms with Gasteiger partial charge in [0.2, 0.25) is 0 Å². The van der Waals surface area contributed by atoms with Crippen LogP contribution in [0.1, 0.15) is 27.0 Å². The van der Waals surface area contributed by atoms with Crippen LogP contribution < -0.4 is 0 Å². The van der Waals surface area contributed by atoms with Crippen LogP contribution in [-0.4, -0.2) is 5.78 Å². The Kier molecular flexibility index (Phi) is 3.61. The summed E-state index contributed by atoms with van der Waals surface area (Å²) < 4.78 is 5.57. The van der Waals surface area contributed by atoms with Crippen LogP contribution in [-0.2, 0) is 12.8 Å². The monoisotopic (exact) mass is 298 g/mol. The fraction of sp³-hybridized carbons (Fsp3) is 0.250. The molecule has 0 aliphatic heterocycles.